The minimum absolute atomic E-state index is 0.0158. The number of amides is 1. The second-order valence-electron chi connectivity index (χ2n) is 12.7. The van der Waals surface area contributed by atoms with Crippen LogP contribution in [0, 0.1) is 29.6 Å². The average molecular weight is 511 g/mol. The Bertz CT molecular complexity index is 1300. The topological polar surface area (TPSA) is 53.0 Å². The number of carbonyl (C=O) groups is 1. The fourth-order valence-electron chi connectivity index (χ4n) is 8.33. The molecule has 5 heteroatoms. The van der Waals surface area contributed by atoms with E-state index >= 15 is 0 Å². The van der Waals surface area contributed by atoms with Crippen LogP contribution in [-0.4, -0.2) is 64.7 Å². The molecular formula is C33H38N2O3. The summed E-state index contributed by atoms with van der Waals surface area (Å²) in [7, 11) is 0. The largest absolute Gasteiger partial charge is 0.487 e. The first-order valence-corrected chi connectivity index (χ1v) is 14.5. The molecule has 2 aromatic carbocycles. The van der Waals surface area contributed by atoms with E-state index in [1.807, 2.05) is 30.3 Å². The maximum atomic E-state index is 13.7. The van der Waals surface area contributed by atoms with Crippen molar-refractivity contribution in [3.05, 3.63) is 65.2 Å². The molecule has 2 aromatic rings. The third-order valence-electron chi connectivity index (χ3n) is 9.96. The number of aliphatic hydroxyl groups excluding tert-OH is 1. The Morgan fingerprint density at radius 3 is 2.76 bits per heavy atom. The number of rotatable bonds is 5. The van der Waals surface area contributed by atoms with Crippen molar-refractivity contribution in [3.63, 3.8) is 0 Å². The maximum Gasteiger partial charge on any atom is 0.299 e. The van der Waals surface area contributed by atoms with E-state index in [1.165, 1.54) is 11.1 Å². The minimum atomic E-state index is -0.112. The molecule has 2 bridgehead atoms. The number of hydrogen-bond donors (Lipinski definition) is 1. The highest BCUT2D eigenvalue weighted by Gasteiger charge is 2.66. The lowest BCUT2D eigenvalue weighted by Gasteiger charge is -2.60. The average Bonchev–Trinajstić information content (AvgIpc) is 3.50. The summed E-state index contributed by atoms with van der Waals surface area (Å²) in [6.45, 7) is 7.09. The first-order chi connectivity index (χ1) is 18.5. The molecule has 2 aliphatic heterocycles. The standard InChI is InChI=1S/C33H38N2O3/c1-21(2)19-35(30(37)14-11-22-7-4-3-5-8-22)26-13-12-25-27-17-23-9-6-10-29-31(23)33(25,32(26)38-29)15-16-34(27)20-24-18-28(24)36/h3-10,21,24-28,32,36H,12-13,15-20H2,1-2H3/t24?,25-,26-,27+,28?,32-,33-/m0/s1. The highest BCUT2D eigenvalue weighted by Crippen LogP contribution is 2.62. The van der Waals surface area contributed by atoms with E-state index in [0.29, 0.717) is 30.3 Å². The quantitative estimate of drug-likeness (QED) is 0.618. The molecule has 198 valence electrons. The number of piperidine rings is 1. The van der Waals surface area contributed by atoms with Gasteiger partial charge in [-0.05, 0) is 74.2 Å². The predicted molar refractivity (Wildman–Crippen MR) is 147 cm³/mol. The van der Waals surface area contributed by atoms with Gasteiger partial charge in [0.05, 0.1) is 12.1 Å². The molecule has 1 amide bonds. The van der Waals surface area contributed by atoms with E-state index in [0.717, 1.165) is 56.5 Å². The first kappa shape index (κ1) is 24.2. The number of hydrogen-bond acceptors (Lipinski definition) is 4. The Kier molecular flexibility index (Phi) is 5.83. The van der Waals surface area contributed by atoms with Gasteiger partial charge in [0, 0.05) is 47.5 Å². The summed E-state index contributed by atoms with van der Waals surface area (Å²) in [5.74, 6) is 8.35. The van der Waals surface area contributed by atoms with Crippen molar-refractivity contribution in [1.82, 2.24) is 9.80 Å². The van der Waals surface area contributed by atoms with Crippen LogP contribution in [0.2, 0.25) is 0 Å². The van der Waals surface area contributed by atoms with Crippen molar-refractivity contribution in [1.29, 1.82) is 0 Å². The van der Waals surface area contributed by atoms with Crippen molar-refractivity contribution in [2.75, 3.05) is 19.6 Å². The second kappa shape index (κ2) is 9.14. The number of aliphatic hydroxyl groups is 1. The summed E-state index contributed by atoms with van der Waals surface area (Å²) in [5, 5.41) is 10.1. The molecule has 1 saturated heterocycles. The van der Waals surface area contributed by atoms with E-state index in [2.05, 4.69) is 53.7 Å². The van der Waals surface area contributed by atoms with Crippen molar-refractivity contribution >= 4 is 5.91 Å². The molecule has 1 N–H and O–H groups in total. The predicted octanol–water partition coefficient (Wildman–Crippen LogP) is 4.01. The fraction of sp³-hybridized carbons (Fsp3) is 0.545. The van der Waals surface area contributed by atoms with Crippen LogP contribution >= 0.6 is 0 Å². The lowest BCUT2D eigenvalue weighted by Crippen LogP contribution is -2.69. The molecule has 2 heterocycles. The van der Waals surface area contributed by atoms with Gasteiger partial charge in [0.25, 0.3) is 5.91 Å². The van der Waals surface area contributed by atoms with Crippen molar-refractivity contribution < 1.29 is 14.6 Å². The van der Waals surface area contributed by atoms with Crippen molar-refractivity contribution in [2.45, 2.75) is 75.7 Å². The summed E-state index contributed by atoms with van der Waals surface area (Å²) in [5.41, 5.74) is 3.69. The summed E-state index contributed by atoms with van der Waals surface area (Å²) < 4.78 is 6.91. The number of benzene rings is 2. The van der Waals surface area contributed by atoms with Crippen LogP contribution < -0.4 is 4.74 Å². The molecule has 7 rings (SSSR count). The van der Waals surface area contributed by atoms with E-state index in [4.69, 9.17) is 4.74 Å². The van der Waals surface area contributed by atoms with E-state index < -0.39 is 0 Å². The molecule has 7 atom stereocenters. The molecular weight excluding hydrogens is 472 g/mol. The van der Waals surface area contributed by atoms with Gasteiger partial charge in [0.1, 0.15) is 11.9 Å². The van der Waals surface area contributed by atoms with Gasteiger partial charge in [0.15, 0.2) is 0 Å². The Balaban J connectivity index is 1.24. The Hall–Kier alpha value is -2.81. The zero-order chi connectivity index (χ0) is 26.0. The summed E-state index contributed by atoms with van der Waals surface area (Å²) in [4.78, 5) is 18.5. The van der Waals surface area contributed by atoms with Crippen molar-refractivity contribution in [3.8, 4) is 17.6 Å². The lowest BCUT2D eigenvalue weighted by molar-refractivity contribution is -0.137. The zero-order valence-electron chi connectivity index (χ0n) is 22.5. The molecule has 3 aliphatic carbocycles. The molecule has 0 aromatic heterocycles. The number of ether oxygens (including phenoxy) is 1. The minimum Gasteiger partial charge on any atom is -0.487 e. The van der Waals surface area contributed by atoms with Gasteiger partial charge in [-0.1, -0.05) is 50.1 Å². The smallest absolute Gasteiger partial charge is 0.299 e. The van der Waals surface area contributed by atoms with Crippen LogP contribution in [0.1, 0.15) is 56.2 Å². The van der Waals surface area contributed by atoms with Crippen LogP contribution in [0.3, 0.4) is 0 Å². The third-order valence-corrected chi connectivity index (χ3v) is 9.96. The van der Waals surface area contributed by atoms with Gasteiger partial charge < -0.3 is 14.7 Å². The maximum absolute atomic E-state index is 13.7. The second-order valence-corrected chi connectivity index (χ2v) is 12.7. The van der Waals surface area contributed by atoms with Gasteiger partial charge in [-0.3, -0.25) is 9.69 Å². The highest BCUT2D eigenvalue weighted by molar-refractivity contribution is 5.94. The molecule has 5 aliphatic rings. The van der Waals surface area contributed by atoms with Gasteiger partial charge in [-0.2, -0.15) is 0 Å². The molecule has 5 nitrogen and oxygen atoms in total. The lowest BCUT2D eigenvalue weighted by atomic mass is 9.51. The van der Waals surface area contributed by atoms with E-state index in [9.17, 15) is 9.90 Å². The van der Waals surface area contributed by atoms with Crippen molar-refractivity contribution in [2.24, 2.45) is 17.8 Å². The fourth-order valence-corrected chi connectivity index (χ4v) is 8.33. The molecule has 2 saturated carbocycles. The van der Waals surface area contributed by atoms with E-state index in [-0.39, 0.29) is 29.6 Å². The molecule has 0 radical (unpaired) electrons. The summed E-state index contributed by atoms with van der Waals surface area (Å²) in [6, 6.07) is 16.9. The number of likely N-dealkylation sites (tertiary alicyclic amines) is 1. The molecule has 1 spiro atoms. The van der Waals surface area contributed by atoms with Gasteiger partial charge in [0.2, 0.25) is 0 Å². The molecule has 38 heavy (non-hydrogen) atoms. The molecule has 3 fully saturated rings. The highest BCUT2D eigenvalue weighted by atomic mass is 16.5. The Morgan fingerprint density at radius 1 is 1.18 bits per heavy atom. The van der Waals surface area contributed by atoms with Gasteiger partial charge >= 0.3 is 0 Å². The van der Waals surface area contributed by atoms with Gasteiger partial charge in [-0.15, -0.1) is 0 Å². The SMILES string of the molecule is CC(C)CN(C(=O)C#Cc1ccccc1)[C@H]1CC[C@H]2[C@H]3Cc4cccc5c4[C@@]2(CCN3CC2CC2O)[C@H]1O5. The monoisotopic (exact) mass is 510 g/mol. The first-order valence-electron chi connectivity index (χ1n) is 14.5. The van der Waals surface area contributed by atoms with Crippen LogP contribution in [0.4, 0.5) is 0 Å². The molecule has 2 unspecified atom stereocenters. The summed E-state index contributed by atoms with van der Waals surface area (Å²) in [6.07, 6.45) is 4.97. The normalized spacial score (nSPS) is 34.1. The summed E-state index contributed by atoms with van der Waals surface area (Å²) >= 11 is 0. The van der Waals surface area contributed by atoms with E-state index in [1.54, 1.807) is 0 Å². The number of nitrogens with zero attached hydrogens (tertiary/aromatic N) is 2. The third kappa shape index (κ3) is 3.80. The van der Waals surface area contributed by atoms with Crippen LogP contribution in [-0.2, 0) is 16.6 Å². The van der Waals surface area contributed by atoms with Crippen LogP contribution in [0.5, 0.6) is 5.75 Å². The van der Waals surface area contributed by atoms with Gasteiger partial charge in [-0.25, -0.2) is 0 Å². The number of carbonyl (C=O) groups excluding carboxylic acids is 1. The van der Waals surface area contributed by atoms with Crippen LogP contribution in [0.25, 0.3) is 0 Å². The Labute approximate surface area is 226 Å². The zero-order valence-corrected chi connectivity index (χ0v) is 22.5. The van der Waals surface area contributed by atoms with Crippen LogP contribution in [0.15, 0.2) is 48.5 Å². The Morgan fingerprint density at radius 2 is 2.00 bits per heavy atom.